The predicted molar refractivity (Wildman–Crippen MR) is 138 cm³/mol. The standard InChI is InChI=1S/C27H23N3P2/c1-30-28-26(31(22-14-6-2-7-15-22)23-16-8-3-9-17-23)27(29-30)32(24-18-10-4-11-19-24)25-20-12-5-13-21-25/h2-21H,1H3. The summed E-state index contributed by atoms with van der Waals surface area (Å²) in [5, 5.41) is 15.1. The van der Waals surface area contributed by atoms with Crippen LogP contribution in [-0.4, -0.2) is 15.0 Å². The van der Waals surface area contributed by atoms with Gasteiger partial charge in [0.15, 0.2) is 0 Å². The van der Waals surface area contributed by atoms with Gasteiger partial charge in [-0.3, -0.25) is 0 Å². The maximum absolute atomic E-state index is 4.99. The van der Waals surface area contributed by atoms with Crippen LogP contribution in [0.3, 0.4) is 0 Å². The molecule has 0 aliphatic rings. The topological polar surface area (TPSA) is 30.7 Å². The van der Waals surface area contributed by atoms with Crippen molar-refractivity contribution in [1.82, 2.24) is 15.0 Å². The Morgan fingerprint density at radius 3 is 0.938 bits per heavy atom. The van der Waals surface area contributed by atoms with Crippen molar-refractivity contribution < 1.29 is 0 Å². The third-order valence-corrected chi connectivity index (χ3v) is 10.0. The zero-order valence-corrected chi connectivity index (χ0v) is 19.6. The minimum absolute atomic E-state index is 0.837. The zero-order chi connectivity index (χ0) is 21.8. The number of nitrogens with zero attached hydrogens (tertiary/aromatic N) is 3. The summed E-state index contributed by atoms with van der Waals surface area (Å²) in [6.07, 6.45) is 0. The van der Waals surface area contributed by atoms with Crippen molar-refractivity contribution in [2.24, 2.45) is 7.05 Å². The van der Waals surface area contributed by atoms with Gasteiger partial charge in [-0.25, -0.2) is 0 Å². The SMILES string of the molecule is Cn1nc(P(c2ccccc2)c2ccccc2)c(P(c2ccccc2)c2ccccc2)n1. The second-order valence-corrected chi connectivity index (χ2v) is 11.6. The maximum atomic E-state index is 4.99. The highest BCUT2D eigenvalue weighted by atomic mass is 31.1. The van der Waals surface area contributed by atoms with Crippen LogP contribution in [0.5, 0.6) is 0 Å². The number of aromatic nitrogens is 3. The van der Waals surface area contributed by atoms with Crippen molar-refractivity contribution in [1.29, 1.82) is 0 Å². The minimum Gasteiger partial charge on any atom is -0.187 e. The lowest BCUT2D eigenvalue weighted by Gasteiger charge is -2.22. The second kappa shape index (κ2) is 9.57. The molecule has 0 amide bonds. The van der Waals surface area contributed by atoms with Crippen molar-refractivity contribution in [2.45, 2.75) is 0 Å². The van der Waals surface area contributed by atoms with Gasteiger partial charge in [0.25, 0.3) is 0 Å². The number of aryl methyl sites for hydroxylation is 1. The molecule has 0 N–H and O–H groups in total. The average molecular weight is 451 g/mol. The molecular weight excluding hydrogens is 428 g/mol. The first kappa shape index (κ1) is 20.8. The predicted octanol–water partition coefficient (Wildman–Crippen LogP) is 3.33. The lowest BCUT2D eigenvalue weighted by Crippen LogP contribution is -2.35. The molecule has 0 unspecified atom stereocenters. The molecule has 0 radical (unpaired) electrons. The van der Waals surface area contributed by atoms with Crippen LogP contribution in [0.4, 0.5) is 0 Å². The Bertz CT molecular complexity index is 1090. The molecule has 0 spiro atoms. The molecule has 0 bridgehead atoms. The number of benzene rings is 4. The maximum Gasteiger partial charge on any atom is 0.122 e. The highest BCUT2D eigenvalue weighted by molar-refractivity contribution is 7.85. The van der Waals surface area contributed by atoms with E-state index < -0.39 is 15.8 Å². The lowest BCUT2D eigenvalue weighted by atomic mass is 10.4. The summed E-state index contributed by atoms with van der Waals surface area (Å²) in [6, 6.07) is 42.9. The molecule has 0 aliphatic heterocycles. The van der Waals surface area contributed by atoms with Gasteiger partial charge in [0.1, 0.15) is 10.9 Å². The van der Waals surface area contributed by atoms with Gasteiger partial charge in [0.05, 0.1) is 0 Å². The summed E-state index contributed by atoms with van der Waals surface area (Å²) >= 11 is 0. The molecule has 4 aromatic carbocycles. The van der Waals surface area contributed by atoms with Crippen molar-refractivity contribution in [3.05, 3.63) is 121 Å². The summed E-state index contributed by atoms with van der Waals surface area (Å²) in [5.41, 5.74) is 2.16. The molecule has 0 saturated heterocycles. The Balaban J connectivity index is 1.74. The molecule has 0 saturated carbocycles. The van der Waals surface area contributed by atoms with Crippen molar-refractivity contribution in [3.63, 3.8) is 0 Å². The molecule has 32 heavy (non-hydrogen) atoms. The Kier molecular flexibility index (Phi) is 6.21. The number of hydrogen-bond donors (Lipinski definition) is 0. The van der Waals surface area contributed by atoms with E-state index in [0.717, 1.165) is 10.9 Å². The zero-order valence-electron chi connectivity index (χ0n) is 17.8. The van der Waals surface area contributed by atoms with Gasteiger partial charge in [0.2, 0.25) is 0 Å². The smallest absolute Gasteiger partial charge is 0.122 e. The minimum atomic E-state index is -0.837. The van der Waals surface area contributed by atoms with Gasteiger partial charge in [0, 0.05) is 22.9 Å². The van der Waals surface area contributed by atoms with E-state index in [1.165, 1.54) is 21.2 Å². The third-order valence-electron chi connectivity index (χ3n) is 5.16. The molecule has 0 fully saturated rings. The lowest BCUT2D eigenvalue weighted by molar-refractivity contribution is 0.662. The first-order valence-electron chi connectivity index (χ1n) is 10.5. The van der Waals surface area contributed by atoms with E-state index in [1.807, 2.05) is 7.05 Å². The van der Waals surface area contributed by atoms with Crippen LogP contribution < -0.4 is 32.1 Å². The van der Waals surface area contributed by atoms with Gasteiger partial charge in [-0.2, -0.15) is 15.0 Å². The van der Waals surface area contributed by atoms with Gasteiger partial charge in [-0.1, -0.05) is 121 Å². The van der Waals surface area contributed by atoms with Gasteiger partial charge < -0.3 is 0 Å². The molecular formula is C27H23N3P2. The Hall–Kier alpha value is -3.12. The van der Waals surface area contributed by atoms with Gasteiger partial charge in [-0.15, -0.1) is 0 Å². The molecule has 5 aromatic rings. The summed E-state index contributed by atoms with van der Waals surface area (Å²) in [4.78, 5) is 1.74. The van der Waals surface area contributed by atoms with Crippen molar-refractivity contribution in [3.8, 4) is 0 Å². The van der Waals surface area contributed by atoms with Crippen LogP contribution in [-0.2, 0) is 7.05 Å². The van der Waals surface area contributed by atoms with Gasteiger partial charge >= 0.3 is 0 Å². The first-order valence-corrected chi connectivity index (χ1v) is 13.2. The van der Waals surface area contributed by atoms with Crippen LogP contribution in [0.25, 0.3) is 0 Å². The van der Waals surface area contributed by atoms with Crippen LogP contribution in [0.1, 0.15) is 0 Å². The summed E-state index contributed by atoms with van der Waals surface area (Å²) in [6.45, 7) is 0. The van der Waals surface area contributed by atoms with E-state index >= 15 is 0 Å². The van der Waals surface area contributed by atoms with Crippen molar-refractivity contribution in [2.75, 3.05) is 0 Å². The van der Waals surface area contributed by atoms with E-state index in [-0.39, 0.29) is 0 Å². The van der Waals surface area contributed by atoms with E-state index in [1.54, 1.807) is 4.80 Å². The molecule has 156 valence electrons. The molecule has 1 aromatic heterocycles. The molecule has 3 nitrogen and oxygen atoms in total. The highest BCUT2D eigenvalue weighted by Gasteiger charge is 2.30. The molecule has 1 heterocycles. The van der Waals surface area contributed by atoms with E-state index in [0.29, 0.717) is 0 Å². The fourth-order valence-electron chi connectivity index (χ4n) is 3.77. The van der Waals surface area contributed by atoms with Crippen LogP contribution in [0.2, 0.25) is 0 Å². The van der Waals surface area contributed by atoms with Crippen LogP contribution in [0.15, 0.2) is 121 Å². The third kappa shape index (κ3) is 4.28. The average Bonchev–Trinajstić information content (AvgIpc) is 3.22. The molecule has 5 heteroatoms. The fraction of sp³-hybridized carbons (Fsp3) is 0.0370. The largest absolute Gasteiger partial charge is 0.187 e. The Labute approximate surface area is 191 Å². The van der Waals surface area contributed by atoms with Crippen LogP contribution >= 0.6 is 15.8 Å². The monoisotopic (exact) mass is 451 g/mol. The van der Waals surface area contributed by atoms with E-state index in [2.05, 4.69) is 121 Å². The second-order valence-electron chi connectivity index (χ2n) is 7.35. The number of rotatable bonds is 6. The van der Waals surface area contributed by atoms with E-state index in [9.17, 15) is 0 Å². The van der Waals surface area contributed by atoms with Gasteiger partial charge in [-0.05, 0) is 21.2 Å². The van der Waals surface area contributed by atoms with Crippen molar-refractivity contribution >= 4 is 47.9 Å². The summed E-state index contributed by atoms with van der Waals surface area (Å²) < 4.78 is 0. The first-order chi connectivity index (χ1) is 15.8. The highest BCUT2D eigenvalue weighted by Crippen LogP contribution is 2.37. The van der Waals surface area contributed by atoms with E-state index in [4.69, 9.17) is 10.2 Å². The molecule has 0 aliphatic carbocycles. The fourth-order valence-corrected chi connectivity index (χ4v) is 8.75. The molecule has 0 atom stereocenters. The number of hydrogen-bond acceptors (Lipinski definition) is 2. The van der Waals surface area contributed by atoms with Crippen LogP contribution in [0, 0.1) is 0 Å². The summed E-state index contributed by atoms with van der Waals surface area (Å²) in [7, 11) is 0.256. The Morgan fingerprint density at radius 2 is 0.688 bits per heavy atom. The normalized spacial score (nSPS) is 11.2. The summed E-state index contributed by atoms with van der Waals surface area (Å²) in [5.74, 6) is 0. The Morgan fingerprint density at radius 1 is 0.438 bits per heavy atom. The quantitative estimate of drug-likeness (QED) is 0.371. The molecule has 5 rings (SSSR count).